The first-order chi connectivity index (χ1) is 9.93. The Kier molecular flexibility index (Phi) is 10.8. The molecule has 7 nitrogen and oxygen atoms in total. The predicted octanol–water partition coefficient (Wildman–Crippen LogP) is 0.146. The molecule has 0 rings (SSSR count). The molecule has 0 fully saturated rings. The van der Waals surface area contributed by atoms with Crippen molar-refractivity contribution < 1.29 is 34.4 Å². The molecular weight excluding hydrogens is 280 g/mol. The zero-order valence-corrected chi connectivity index (χ0v) is 12.7. The minimum atomic E-state index is -1.89. The third-order valence-corrected chi connectivity index (χ3v) is 2.84. The lowest BCUT2D eigenvalue weighted by Crippen LogP contribution is -2.44. The maximum absolute atomic E-state index is 11.4. The second kappa shape index (κ2) is 11.5. The third-order valence-electron chi connectivity index (χ3n) is 2.84. The van der Waals surface area contributed by atoms with Gasteiger partial charge in [0.2, 0.25) is 0 Å². The quantitative estimate of drug-likeness (QED) is 0.368. The van der Waals surface area contributed by atoms with Gasteiger partial charge in [0, 0.05) is 0 Å². The Morgan fingerprint density at radius 2 is 1.48 bits per heavy atom. The molecule has 3 unspecified atom stereocenters. The molecule has 0 aromatic rings. The number of aliphatic hydroxyl groups excluding tert-OH is 3. The average molecular weight is 306 g/mol. The van der Waals surface area contributed by atoms with Gasteiger partial charge in [0.1, 0.15) is 6.10 Å². The van der Waals surface area contributed by atoms with E-state index in [1.807, 2.05) is 13.8 Å². The van der Waals surface area contributed by atoms with E-state index in [4.69, 9.17) is 9.47 Å². The van der Waals surface area contributed by atoms with E-state index in [0.717, 1.165) is 12.8 Å². The van der Waals surface area contributed by atoms with Crippen LogP contribution in [-0.4, -0.2) is 58.8 Å². The van der Waals surface area contributed by atoms with Gasteiger partial charge in [-0.05, 0) is 12.8 Å². The van der Waals surface area contributed by atoms with Gasteiger partial charge in [0.15, 0.2) is 6.10 Å². The van der Waals surface area contributed by atoms with E-state index < -0.39 is 36.7 Å². The Bertz CT molecular complexity index is 306. The summed E-state index contributed by atoms with van der Waals surface area (Å²) in [6.07, 6.45) is -2.74. The van der Waals surface area contributed by atoms with E-state index in [-0.39, 0.29) is 13.2 Å². The van der Waals surface area contributed by atoms with Crippen molar-refractivity contribution in [2.75, 3.05) is 13.2 Å². The molecule has 7 heteroatoms. The first kappa shape index (κ1) is 19.8. The molecule has 0 aliphatic carbocycles. The van der Waals surface area contributed by atoms with E-state index in [1.165, 1.54) is 0 Å². The summed E-state index contributed by atoms with van der Waals surface area (Å²) in [5.41, 5.74) is 0. The van der Waals surface area contributed by atoms with Crippen LogP contribution < -0.4 is 0 Å². The topological polar surface area (TPSA) is 113 Å². The second-order valence-corrected chi connectivity index (χ2v) is 4.80. The number of esters is 2. The second-order valence-electron chi connectivity index (χ2n) is 4.80. The molecule has 0 heterocycles. The molecule has 0 aromatic carbocycles. The highest BCUT2D eigenvalue weighted by atomic mass is 16.6. The van der Waals surface area contributed by atoms with Gasteiger partial charge < -0.3 is 24.8 Å². The normalized spacial score (nSPS) is 15.1. The first-order valence-corrected chi connectivity index (χ1v) is 7.30. The number of hydrogen-bond donors (Lipinski definition) is 3. The fourth-order valence-corrected chi connectivity index (χ4v) is 1.43. The summed E-state index contributed by atoms with van der Waals surface area (Å²) in [5.74, 6) is -1.71. The lowest BCUT2D eigenvalue weighted by molar-refractivity contribution is -0.167. The highest BCUT2D eigenvalue weighted by molar-refractivity contribution is 5.75. The lowest BCUT2D eigenvalue weighted by Gasteiger charge is -2.21. The monoisotopic (exact) mass is 306 g/mol. The fourth-order valence-electron chi connectivity index (χ4n) is 1.43. The van der Waals surface area contributed by atoms with Crippen molar-refractivity contribution >= 4 is 11.9 Å². The highest BCUT2D eigenvalue weighted by Gasteiger charge is 2.32. The van der Waals surface area contributed by atoms with Crippen molar-refractivity contribution in [3.05, 3.63) is 0 Å². The van der Waals surface area contributed by atoms with E-state index >= 15 is 0 Å². The SMILES string of the molecule is CCCCOC(=O)CC(O)C(O)C(O)C(=O)OCCCC. The van der Waals surface area contributed by atoms with E-state index in [2.05, 4.69) is 0 Å². The number of rotatable bonds is 11. The zero-order chi connectivity index (χ0) is 16.3. The van der Waals surface area contributed by atoms with Crippen molar-refractivity contribution in [3.8, 4) is 0 Å². The van der Waals surface area contributed by atoms with Crippen LogP contribution in [0.1, 0.15) is 46.0 Å². The number of carbonyl (C=O) groups excluding carboxylic acids is 2. The summed E-state index contributed by atoms with van der Waals surface area (Å²) in [5, 5.41) is 28.8. The van der Waals surface area contributed by atoms with Gasteiger partial charge in [-0.3, -0.25) is 4.79 Å². The molecule has 124 valence electrons. The van der Waals surface area contributed by atoms with Crippen molar-refractivity contribution in [3.63, 3.8) is 0 Å². The number of unbranched alkanes of at least 4 members (excludes halogenated alkanes) is 2. The Morgan fingerprint density at radius 1 is 0.952 bits per heavy atom. The molecule has 0 aliphatic rings. The smallest absolute Gasteiger partial charge is 0.337 e. The maximum atomic E-state index is 11.4. The average Bonchev–Trinajstić information content (AvgIpc) is 2.45. The molecule has 0 bridgehead atoms. The largest absolute Gasteiger partial charge is 0.466 e. The van der Waals surface area contributed by atoms with E-state index in [1.54, 1.807) is 0 Å². The van der Waals surface area contributed by atoms with E-state index in [9.17, 15) is 24.9 Å². The van der Waals surface area contributed by atoms with Crippen molar-refractivity contribution in [1.82, 2.24) is 0 Å². The molecule has 0 saturated carbocycles. The summed E-state index contributed by atoms with van der Waals surface area (Å²) in [6.45, 7) is 4.22. The number of aliphatic hydroxyl groups is 3. The lowest BCUT2D eigenvalue weighted by atomic mass is 10.1. The van der Waals surface area contributed by atoms with Gasteiger partial charge in [0.25, 0.3) is 0 Å². The Labute approximate surface area is 124 Å². The van der Waals surface area contributed by atoms with Gasteiger partial charge in [-0.25, -0.2) is 4.79 Å². The van der Waals surface area contributed by atoms with E-state index in [0.29, 0.717) is 12.8 Å². The molecule has 3 N–H and O–H groups in total. The third kappa shape index (κ3) is 8.64. The van der Waals surface area contributed by atoms with Gasteiger partial charge >= 0.3 is 11.9 Å². The van der Waals surface area contributed by atoms with Crippen LogP contribution in [0.3, 0.4) is 0 Å². The minimum Gasteiger partial charge on any atom is -0.466 e. The van der Waals surface area contributed by atoms with Crippen LogP contribution in [0.2, 0.25) is 0 Å². The van der Waals surface area contributed by atoms with Gasteiger partial charge in [-0.1, -0.05) is 26.7 Å². The van der Waals surface area contributed by atoms with Crippen molar-refractivity contribution in [1.29, 1.82) is 0 Å². The van der Waals surface area contributed by atoms with Crippen molar-refractivity contribution in [2.45, 2.75) is 64.3 Å². The molecule has 21 heavy (non-hydrogen) atoms. The van der Waals surface area contributed by atoms with Crippen LogP contribution in [0.25, 0.3) is 0 Å². The number of ether oxygens (including phenoxy) is 2. The van der Waals surface area contributed by atoms with Gasteiger partial charge in [-0.2, -0.15) is 0 Å². The van der Waals surface area contributed by atoms with Crippen LogP contribution in [0.15, 0.2) is 0 Å². The van der Waals surface area contributed by atoms with Crippen LogP contribution in [-0.2, 0) is 19.1 Å². The molecular formula is C14H26O7. The Hall–Kier alpha value is -1.18. The first-order valence-electron chi connectivity index (χ1n) is 7.30. The molecule has 0 saturated heterocycles. The summed E-state index contributed by atoms with van der Waals surface area (Å²) >= 11 is 0. The van der Waals surface area contributed by atoms with Crippen molar-refractivity contribution in [2.24, 2.45) is 0 Å². The molecule has 0 amide bonds. The summed E-state index contributed by atoms with van der Waals surface area (Å²) in [6, 6.07) is 0. The maximum Gasteiger partial charge on any atom is 0.337 e. The fraction of sp³-hybridized carbons (Fsp3) is 0.857. The van der Waals surface area contributed by atoms with Crippen LogP contribution in [0, 0.1) is 0 Å². The zero-order valence-electron chi connectivity index (χ0n) is 12.7. The molecule has 0 aliphatic heterocycles. The van der Waals surface area contributed by atoms with Gasteiger partial charge in [-0.15, -0.1) is 0 Å². The highest BCUT2D eigenvalue weighted by Crippen LogP contribution is 2.08. The van der Waals surface area contributed by atoms with Crippen LogP contribution in [0.4, 0.5) is 0 Å². The summed E-state index contributed by atoms with van der Waals surface area (Å²) < 4.78 is 9.54. The molecule has 3 atom stereocenters. The molecule has 0 radical (unpaired) electrons. The molecule has 0 spiro atoms. The van der Waals surface area contributed by atoms with Gasteiger partial charge in [0.05, 0.1) is 25.7 Å². The summed E-state index contributed by atoms with van der Waals surface area (Å²) in [7, 11) is 0. The molecule has 0 aromatic heterocycles. The predicted molar refractivity (Wildman–Crippen MR) is 74.4 cm³/mol. The van der Waals surface area contributed by atoms with Crippen LogP contribution >= 0.6 is 0 Å². The standard InChI is InChI=1S/C14H26O7/c1-3-5-7-20-11(16)9-10(15)12(17)13(18)14(19)21-8-6-4-2/h10,12-13,15,17-18H,3-9H2,1-2H3. The van der Waals surface area contributed by atoms with Crippen LogP contribution in [0.5, 0.6) is 0 Å². The minimum absolute atomic E-state index is 0.133. The number of carbonyl (C=O) groups is 2. The Balaban J connectivity index is 4.13. The Morgan fingerprint density at radius 3 is 2.00 bits per heavy atom. The summed E-state index contributed by atoms with van der Waals surface area (Å²) in [4.78, 5) is 22.7. The number of hydrogen-bond acceptors (Lipinski definition) is 7.